The number of aliphatic hydroxyl groups excluding tert-OH is 1. The van der Waals surface area contributed by atoms with Gasteiger partial charge in [-0.25, -0.2) is 9.98 Å². The van der Waals surface area contributed by atoms with Crippen molar-refractivity contribution in [1.29, 1.82) is 0 Å². The van der Waals surface area contributed by atoms with E-state index in [2.05, 4.69) is 52.6 Å². The van der Waals surface area contributed by atoms with E-state index in [1.165, 1.54) is 16.0 Å². The average Bonchev–Trinajstić information content (AvgIpc) is 3.06. The lowest BCUT2D eigenvalue weighted by atomic mass is 10.1. The highest BCUT2D eigenvalue weighted by atomic mass is 32.1. The number of ether oxygens (including phenoxy) is 1. The second kappa shape index (κ2) is 10.7. The molecule has 0 aliphatic carbocycles. The van der Waals surface area contributed by atoms with Gasteiger partial charge in [-0.2, -0.15) is 0 Å². The summed E-state index contributed by atoms with van der Waals surface area (Å²) < 4.78 is 5.28. The Balaban J connectivity index is 1.63. The quantitative estimate of drug-likeness (QED) is 0.504. The lowest BCUT2D eigenvalue weighted by molar-refractivity contribution is 0.0938. The fraction of sp³-hybridized carbons (Fsp3) is 0.455. The summed E-state index contributed by atoms with van der Waals surface area (Å²) in [4.78, 5) is 12.7. The maximum atomic E-state index is 8.74. The van der Waals surface area contributed by atoms with E-state index in [9.17, 15) is 0 Å². The highest BCUT2D eigenvalue weighted by Crippen LogP contribution is 2.29. The average molecular weight is 430 g/mol. The molecule has 3 N–H and O–H groups in total. The number of nitrogens with zero attached hydrogens (tertiary/aromatic N) is 3. The van der Waals surface area contributed by atoms with Crippen LogP contribution in [0.4, 0.5) is 5.69 Å². The third-order valence-corrected chi connectivity index (χ3v) is 5.96. The zero-order valence-corrected chi connectivity index (χ0v) is 18.9. The molecule has 1 aromatic carbocycles. The van der Waals surface area contributed by atoms with Gasteiger partial charge < -0.3 is 25.4 Å². The molecule has 1 aliphatic heterocycles. The van der Waals surface area contributed by atoms with Crippen molar-refractivity contribution in [3.05, 3.63) is 51.0 Å². The summed E-state index contributed by atoms with van der Waals surface area (Å²) in [6.07, 6.45) is 3.68. The van der Waals surface area contributed by atoms with Gasteiger partial charge in [0, 0.05) is 36.9 Å². The highest BCUT2D eigenvalue weighted by molar-refractivity contribution is 7.12. The lowest BCUT2D eigenvalue weighted by Crippen LogP contribution is -2.37. The second-order valence-corrected chi connectivity index (χ2v) is 8.48. The molecule has 0 bridgehead atoms. The number of benzene rings is 1. The van der Waals surface area contributed by atoms with Crippen molar-refractivity contribution >= 4 is 28.9 Å². The van der Waals surface area contributed by atoms with E-state index < -0.39 is 0 Å². The van der Waals surface area contributed by atoms with Gasteiger partial charge in [0.2, 0.25) is 0 Å². The summed E-state index contributed by atoms with van der Waals surface area (Å²) in [6, 6.07) is 6.43. The van der Waals surface area contributed by atoms with E-state index in [0.717, 1.165) is 35.2 Å². The Morgan fingerprint density at radius 2 is 1.93 bits per heavy atom. The number of aryl methyl sites for hydroxylation is 3. The maximum absolute atomic E-state index is 8.74. The van der Waals surface area contributed by atoms with Crippen molar-refractivity contribution in [3.8, 4) is 0 Å². The molecule has 0 spiro atoms. The van der Waals surface area contributed by atoms with Crippen molar-refractivity contribution in [2.24, 2.45) is 4.99 Å². The molecule has 2 heterocycles. The molecule has 0 saturated carbocycles. The molecule has 162 valence electrons. The molecule has 1 aliphatic rings. The van der Waals surface area contributed by atoms with Gasteiger partial charge in [-0.15, -0.1) is 11.3 Å². The van der Waals surface area contributed by atoms with Gasteiger partial charge in [-0.1, -0.05) is 6.07 Å². The van der Waals surface area contributed by atoms with E-state index in [0.29, 0.717) is 13.2 Å². The van der Waals surface area contributed by atoms with Crippen LogP contribution >= 0.6 is 11.3 Å². The molecule has 7 nitrogen and oxygen atoms in total. The van der Waals surface area contributed by atoms with E-state index in [1.807, 2.05) is 26.3 Å². The van der Waals surface area contributed by atoms with E-state index in [-0.39, 0.29) is 12.9 Å². The Bertz CT molecular complexity index is 889. The van der Waals surface area contributed by atoms with Crippen molar-refractivity contribution in [2.45, 2.75) is 33.6 Å². The van der Waals surface area contributed by atoms with Crippen LogP contribution in [0.3, 0.4) is 0 Å². The van der Waals surface area contributed by atoms with Crippen LogP contribution in [-0.4, -0.2) is 60.9 Å². The topological polar surface area (TPSA) is 82.0 Å². The fourth-order valence-corrected chi connectivity index (χ4v) is 4.42. The van der Waals surface area contributed by atoms with E-state index in [1.54, 1.807) is 11.3 Å². The molecule has 1 unspecified atom stereocenters. The first-order chi connectivity index (χ1) is 14.5. The van der Waals surface area contributed by atoms with Gasteiger partial charge in [0.1, 0.15) is 5.01 Å². The third kappa shape index (κ3) is 5.89. The number of rotatable bonds is 10. The molecular weight excluding hydrogens is 398 g/mol. The number of nitrogens with one attached hydrogen (secondary N) is 2. The third-order valence-electron chi connectivity index (χ3n) is 4.78. The van der Waals surface area contributed by atoms with Gasteiger partial charge in [-0.3, -0.25) is 0 Å². The van der Waals surface area contributed by atoms with Crippen LogP contribution in [0.15, 0.2) is 29.3 Å². The second-order valence-electron chi connectivity index (χ2n) is 7.40. The van der Waals surface area contributed by atoms with Crippen molar-refractivity contribution < 1.29 is 9.84 Å². The van der Waals surface area contributed by atoms with Crippen LogP contribution in [0, 0.1) is 20.8 Å². The molecule has 0 radical (unpaired) electrons. The minimum absolute atomic E-state index is 0.0581. The van der Waals surface area contributed by atoms with Crippen LogP contribution in [-0.2, 0) is 11.3 Å². The SMILES string of the molecule is Cc1cc(C)cc(NC2N=CC=C(c3nc(C)c(CNCCOCCO)s3)N2C)c1. The van der Waals surface area contributed by atoms with Crippen molar-refractivity contribution in [3.63, 3.8) is 0 Å². The normalized spacial score (nSPS) is 16.1. The van der Waals surface area contributed by atoms with Crippen LogP contribution in [0.5, 0.6) is 0 Å². The Kier molecular flexibility index (Phi) is 7.98. The zero-order chi connectivity index (χ0) is 21.5. The zero-order valence-electron chi connectivity index (χ0n) is 18.1. The first-order valence-corrected chi connectivity index (χ1v) is 11.0. The molecule has 0 saturated heterocycles. The van der Waals surface area contributed by atoms with Gasteiger partial charge in [0.25, 0.3) is 0 Å². The summed E-state index contributed by atoms with van der Waals surface area (Å²) in [5, 5.41) is 16.6. The highest BCUT2D eigenvalue weighted by Gasteiger charge is 2.22. The summed E-state index contributed by atoms with van der Waals surface area (Å²) in [5.74, 6) is 0. The smallest absolute Gasteiger partial charge is 0.196 e. The lowest BCUT2D eigenvalue weighted by Gasteiger charge is -2.31. The van der Waals surface area contributed by atoms with Gasteiger partial charge >= 0.3 is 0 Å². The molecule has 3 rings (SSSR count). The predicted octanol–water partition coefficient (Wildman–Crippen LogP) is 2.92. The Morgan fingerprint density at radius 1 is 1.17 bits per heavy atom. The predicted molar refractivity (Wildman–Crippen MR) is 124 cm³/mol. The number of aromatic nitrogens is 1. The molecule has 1 aromatic heterocycles. The first kappa shape index (κ1) is 22.4. The number of thiazole rings is 1. The summed E-state index contributed by atoms with van der Waals surface area (Å²) >= 11 is 1.70. The number of hydrogen-bond donors (Lipinski definition) is 3. The Labute approximate surface area is 182 Å². The number of anilines is 1. The summed E-state index contributed by atoms with van der Waals surface area (Å²) in [6.45, 7) is 8.76. The monoisotopic (exact) mass is 429 g/mol. The molecule has 0 fully saturated rings. The minimum atomic E-state index is -0.180. The Morgan fingerprint density at radius 3 is 2.67 bits per heavy atom. The maximum Gasteiger partial charge on any atom is 0.196 e. The first-order valence-electron chi connectivity index (χ1n) is 10.1. The van der Waals surface area contributed by atoms with Crippen LogP contribution in [0.25, 0.3) is 5.70 Å². The number of allylic oxidation sites excluding steroid dienone is 1. The Hall–Kier alpha value is -2.26. The van der Waals surface area contributed by atoms with Crippen LogP contribution in [0.2, 0.25) is 0 Å². The molecule has 2 aromatic rings. The van der Waals surface area contributed by atoms with Crippen LogP contribution in [0.1, 0.15) is 26.7 Å². The molecular formula is C22H31N5O2S. The van der Waals surface area contributed by atoms with Crippen LogP contribution < -0.4 is 10.6 Å². The standard InChI is InChI=1S/C22H31N5O2S/c1-15-11-16(2)13-18(12-15)26-22-24-6-5-19(27(22)4)21-25-17(3)20(30-21)14-23-7-9-29-10-8-28/h5-6,11-13,22-23,26,28H,7-10,14H2,1-4H3. The van der Waals surface area contributed by atoms with Crippen molar-refractivity contribution in [1.82, 2.24) is 15.2 Å². The number of aliphatic hydroxyl groups is 1. The van der Waals surface area contributed by atoms with Gasteiger partial charge in [-0.05, 0) is 50.1 Å². The molecule has 1 atom stereocenters. The van der Waals surface area contributed by atoms with Gasteiger partial charge in [0.15, 0.2) is 6.29 Å². The summed E-state index contributed by atoms with van der Waals surface area (Å²) in [7, 11) is 2.04. The minimum Gasteiger partial charge on any atom is -0.394 e. The fourth-order valence-electron chi connectivity index (χ4n) is 3.32. The van der Waals surface area contributed by atoms with E-state index >= 15 is 0 Å². The molecule has 8 heteroatoms. The largest absolute Gasteiger partial charge is 0.394 e. The molecule has 30 heavy (non-hydrogen) atoms. The van der Waals surface area contributed by atoms with Crippen molar-refractivity contribution in [2.75, 3.05) is 38.7 Å². The number of hydrogen-bond acceptors (Lipinski definition) is 8. The molecule has 0 amide bonds. The number of aliphatic imine (C=N–C) groups is 1. The summed E-state index contributed by atoms with van der Waals surface area (Å²) in [5.41, 5.74) is 5.61. The van der Waals surface area contributed by atoms with E-state index in [4.69, 9.17) is 14.8 Å². The van der Waals surface area contributed by atoms with Gasteiger partial charge in [0.05, 0.1) is 31.2 Å².